The molecule has 2 N–H and O–H groups in total. The van der Waals surface area contributed by atoms with Crippen molar-refractivity contribution in [3.05, 3.63) is 94.9 Å². The van der Waals surface area contributed by atoms with Crippen molar-refractivity contribution in [2.24, 2.45) is 0 Å². The number of aliphatic hydroxyl groups excluding tert-OH is 2. The molecule has 18 nitrogen and oxygen atoms in total. The number of hydrogen-bond donors (Lipinski definition) is 2. The first kappa shape index (κ1) is 40.1. The Hall–Kier alpha value is -6.14. The van der Waals surface area contributed by atoms with Crippen LogP contribution >= 0.6 is 0 Å². The number of ether oxygens (including phenoxy) is 10. The van der Waals surface area contributed by atoms with E-state index in [0.717, 1.165) is 12.2 Å². The van der Waals surface area contributed by atoms with Gasteiger partial charge in [-0.2, -0.15) is 0 Å². The van der Waals surface area contributed by atoms with Gasteiger partial charge in [0.25, 0.3) is 35.0 Å². The molecular weight excluding hydrogens is 732 g/mol. The van der Waals surface area contributed by atoms with E-state index < -0.39 is 82.0 Å². The van der Waals surface area contributed by atoms with Crippen LogP contribution in [0, 0.1) is 0 Å². The average molecular weight is 771 g/mol. The molecule has 1 aliphatic carbocycles. The third-order valence-corrected chi connectivity index (χ3v) is 8.66. The highest BCUT2D eigenvalue weighted by molar-refractivity contribution is 6.16. The summed E-state index contributed by atoms with van der Waals surface area (Å²) >= 11 is 0. The van der Waals surface area contributed by atoms with E-state index in [2.05, 4.69) is 0 Å². The Morgan fingerprint density at radius 3 is 1.35 bits per heavy atom. The van der Waals surface area contributed by atoms with Gasteiger partial charge in [-0.05, 0) is 24.3 Å². The average Bonchev–Trinajstić information content (AvgIpc) is 3.10. The van der Waals surface area contributed by atoms with Gasteiger partial charge in [0, 0.05) is 53.2 Å². The smallest absolute Gasteiger partial charge is 0.348 e. The van der Waals surface area contributed by atoms with E-state index in [-0.39, 0.29) is 56.5 Å². The Kier molecular flexibility index (Phi) is 11.7. The minimum Gasteiger partial charge on any atom is -0.480 e. The van der Waals surface area contributed by atoms with Gasteiger partial charge in [0.1, 0.15) is 35.5 Å². The number of rotatable bonds is 11. The summed E-state index contributed by atoms with van der Waals surface area (Å²) in [6.07, 6.45) is 12.3. The molecule has 2 spiro atoms. The molecule has 18 heteroatoms. The van der Waals surface area contributed by atoms with Crippen LogP contribution in [0.4, 0.5) is 0 Å². The maximum absolute atomic E-state index is 12.8. The van der Waals surface area contributed by atoms with Gasteiger partial charge in [-0.1, -0.05) is 43.4 Å². The molecule has 0 aromatic heterocycles. The first-order valence-electron chi connectivity index (χ1n) is 16.8. The molecule has 3 fully saturated rings. The molecule has 5 aliphatic rings. The SMILES string of the molecule is CCC1(COC)OC(=O)C(C=CC=CC=C2C(=O)OC3(CCC4(CC3)OC(=O)C(=CC=CC=CC3=C(O)OC(C)(COC)OC3=O)C(=O)O4)OC2=O)=C(O)O1. The van der Waals surface area contributed by atoms with Crippen molar-refractivity contribution in [2.45, 2.75) is 69.1 Å². The van der Waals surface area contributed by atoms with Crippen molar-refractivity contribution < 1.29 is 86.3 Å². The Balaban J connectivity index is 1.14. The highest BCUT2D eigenvalue weighted by Gasteiger charge is 2.57. The molecule has 294 valence electrons. The molecule has 5 rings (SSSR count). The van der Waals surface area contributed by atoms with Crippen LogP contribution < -0.4 is 0 Å². The van der Waals surface area contributed by atoms with Crippen LogP contribution in [-0.4, -0.2) is 96.6 Å². The number of carbonyl (C=O) groups is 6. The number of allylic oxidation sites excluding steroid dienone is 8. The molecule has 2 saturated heterocycles. The van der Waals surface area contributed by atoms with Gasteiger partial charge in [0.2, 0.25) is 0 Å². The Morgan fingerprint density at radius 1 is 0.545 bits per heavy atom. The topological polar surface area (TPSA) is 235 Å². The molecule has 0 bridgehead atoms. The number of carbonyl (C=O) groups excluding carboxylic acids is 6. The quantitative estimate of drug-likeness (QED) is 0.101. The molecule has 1 saturated carbocycles. The predicted molar refractivity (Wildman–Crippen MR) is 180 cm³/mol. The fourth-order valence-electron chi connectivity index (χ4n) is 5.84. The summed E-state index contributed by atoms with van der Waals surface area (Å²) < 4.78 is 52.9. The van der Waals surface area contributed by atoms with Crippen LogP contribution in [0.2, 0.25) is 0 Å². The van der Waals surface area contributed by atoms with E-state index in [0.29, 0.717) is 0 Å². The minimum atomic E-state index is -1.69. The second-order valence-electron chi connectivity index (χ2n) is 12.7. The molecule has 0 amide bonds. The zero-order valence-electron chi connectivity index (χ0n) is 30.1. The number of cyclic esters (lactones) is 2. The highest BCUT2D eigenvalue weighted by Crippen LogP contribution is 2.45. The number of methoxy groups -OCH3 is 2. The summed E-state index contributed by atoms with van der Waals surface area (Å²) in [5.41, 5.74) is -1.39. The Morgan fingerprint density at radius 2 is 0.964 bits per heavy atom. The van der Waals surface area contributed by atoms with Crippen molar-refractivity contribution in [2.75, 3.05) is 27.4 Å². The fourth-order valence-corrected chi connectivity index (χ4v) is 5.84. The van der Waals surface area contributed by atoms with Crippen molar-refractivity contribution in [1.29, 1.82) is 0 Å². The van der Waals surface area contributed by atoms with E-state index in [9.17, 15) is 39.0 Å². The summed E-state index contributed by atoms with van der Waals surface area (Å²) in [5, 5.41) is 20.3. The van der Waals surface area contributed by atoms with Crippen molar-refractivity contribution in [3.8, 4) is 0 Å². The van der Waals surface area contributed by atoms with Crippen LogP contribution in [0.3, 0.4) is 0 Å². The predicted octanol–water partition coefficient (Wildman–Crippen LogP) is 3.03. The molecular formula is C37H38O18. The van der Waals surface area contributed by atoms with E-state index in [1.807, 2.05) is 0 Å². The van der Waals surface area contributed by atoms with Gasteiger partial charge in [-0.15, -0.1) is 0 Å². The third kappa shape index (κ3) is 8.81. The fraction of sp³-hybridized carbons (Fsp3) is 0.405. The van der Waals surface area contributed by atoms with Gasteiger partial charge < -0.3 is 57.6 Å². The van der Waals surface area contributed by atoms with Gasteiger partial charge in [-0.25, -0.2) is 28.8 Å². The Labute approximate surface area is 313 Å². The Bertz CT molecular complexity index is 1840. The molecule has 2 unspecified atom stereocenters. The monoisotopic (exact) mass is 770 g/mol. The largest absolute Gasteiger partial charge is 0.480 e. The lowest BCUT2D eigenvalue weighted by atomic mass is 9.87. The maximum atomic E-state index is 12.8. The standard InChI is InChI=1S/C37H38O18/c1-5-35(21-47-4)50-28(40)23(29(41)51-35)13-9-7-11-15-25-32(44)54-37(55-33(25)45)18-16-36(17-19-37)52-30(42)24(31(43)53-36)14-10-6-8-12-22-26(38)48-34(2,20-46-3)49-27(22)39/h6-15,38,40H,5,16-21H2,1-4H3. The minimum absolute atomic E-state index is 0.0970. The van der Waals surface area contributed by atoms with Crippen LogP contribution in [-0.2, 0) is 76.1 Å². The van der Waals surface area contributed by atoms with Crippen LogP contribution in [0.15, 0.2) is 94.9 Å². The van der Waals surface area contributed by atoms with E-state index in [1.165, 1.54) is 69.8 Å². The highest BCUT2D eigenvalue weighted by atomic mass is 16.8. The number of hydrogen-bond acceptors (Lipinski definition) is 18. The van der Waals surface area contributed by atoms with E-state index in [4.69, 9.17) is 47.4 Å². The van der Waals surface area contributed by atoms with Crippen LogP contribution in [0.5, 0.6) is 0 Å². The lowest BCUT2D eigenvalue weighted by Crippen LogP contribution is -2.56. The van der Waals surface area contributed by atoms with E-state index in [1.54, 1.807) is 6.92 Å². The summed E-state index contributed by atoms with van der Waals surface area (Å²) in [6, 6.07) is 0. The van der Waals surface area contributed by atoms with Crippen LogP contribution in [0.1, 0.15) is 46.0 Å². The van der Waals surface area contributed by atoms with Gasteiger partial charge in [0.05, 0.1) is 0 Å². The molecule has 4 aliphatic heterocycles. The number of aliphatic hydroxyl groups is 2. The summed E-state index contributed by atoms with van der Waals surface area (Å²) in [5.74, 6) is -13.3. The molecule has 0 aromatic carbocycles. The molecule has 2 atom stereocenters. The summed E-state index contributed by atoms with van der Waals surface area (Å²) in [6.45, 7) is 2.88. The second-order valence-corrected chi connectivity index (χ2v) is 12.7. The summed E-state index contributed by atoms with van der Waals surface area (Å²) in [7, 11) is 2.76. The number of esters is 6. The van der Waals surface area contributed by atoms with Crippen LogP contribution in [0.25, 0.3) is 0 Å². The van der Waals surface area contributed by atoms with Gasteiger partial charge >= 0.3 is 35.8 Å². The zero-order valence-corrected chi connectivity index (χ0v) is 30.1. The normalized spacial score (nSPS) is 30.1. The maximum Gasteiger partial charge on any atom is 0.348 e. The lowest BCUT2D eigenvalue weighted by molar-refractivity contribution is -0.291. The first-order chi connectivity index (χ1) is 26.1. The molecule has 0 radical (unpaired) electrons. The van der Waals surface area contributed by atoms with E-state index >= 15 is 0 Å². The van der Waals surface area contributed by atoms with Crippen molar-refractivity contribution in [1.82, 2.24) is 0 Å². The lowest BCUT2D eigenvalue weighted by Gasteiger charge is -2.45. The van der Waals surface area contributed by atoms with Gasteiger partial charge in [0.15, 0.2) is 0 Å². The first-order valence-corrected chi connectivity index (χ1v) is 16.8. The van der Waals surface area contributed by atoms with Crippen molar-refractivity contribution in [3.63, 3.8) is 0 Å². The zero-order chi connectivity index (χ0) is 40.0. The molecule has 4 heterocycles. The van der Waals surface area contributed by atoms with Gasteiger partial charge in [-0.3, -0.25) is 0 Å². The van der Waals surface area contributed by atoms with Crippen molar-refractivity contribution >= 4 is 35.8 Å². The molecule has 0 aromatic rings. The molecule has 55 heavy (non-hydrogen) atoms. The summed E-state index contributed by atoms with van der Waals surface area (Å²) in [4.78, 5) is 76.0. The second kappa shape index (κ2) is 16.1. The third-order valence-electron chi connectivity index (χ3n) is 8.66.